The maximum atomic E-state index is 12.6. The van der Waals surface area contributed by atoms with Gasteiger partial charge in [-0.15, -0.1) is 0 Å². The molecule has 1 N–H and O–H groups in total. The van der Waals surface area contributed by atoms with Gasteiger partial charge in [0.1, 0.15) is 11.0 Å². The van der Waals surface area contributed by atoms with Crippen LogP contribution in [0.3, 0.4) is 0 Å². The fourth-order valence-corrected chi connectivity index (χ4v) is 2.63. The van der Waals surface area contributed by atoms with Gasteiger partial charge in [-0.3, -0.25) is 4.79 Å². The van der Waals surface area contributed by atoms with Crippen LogP contribution < -0.4 is 5.32 Å². The Labute approximate surface area is 125 Å². The highest BCUT2D eigenvalue weighted by Crippen LogP contribution is 2.27. The van der Waals surface area contributed by atoms with Gasteiger partial charge in [-0.05, 0) is 44.7 Å². The van der Waals surface area contributed by atoms with Gasteiger partial charge in [0.05, 0.1) is 0 Å². The summed E-state index contributed by atoms with van der Waals surface area (Å²) in [5.41, 5.74) is 0.613. The minimum Gasteiger partial charge on any atom is -0.370 e. The number of carbonyl (C=O) groups is 1. The number of rotatable bonds is 6. The first-order chi connectivity index (χ1) is 9.63. The lowest BCUT2D eigenvalue weighted by molar-refractivity contribution is 0.0706. The van der Waals surface area contributed by atoms with E-state index in [1.807, 2.05) is 18.7 Å². The summed E-state index contributed by atoms with van der Waals surface area (Å²) in [5.74, 6) is 1.37. The molecule has 0 radical (unpaired) electrons. The zero-order valence-electron chi connectivity index (χ0n) is 12.2. The minimum absolute atomic E-state index is 0.0443. The fraction of sp³-hybridized carbons (Fsp3) is 0.600. The Morgan fingerprint density at radius 2 is 2.20 bits per heavy atom. The Morgan fingerprint density at radius 3 is 2.75 bits per heavy atom. The van der Waals surface area contributed by atoms with E-state index in [1.165, 1.54) is 19.3 Å². The smallest absolute Gasteiger partial charge is 0.254 e. The molecule has 0 bridgehead atoms. The van der Waals surface area contributed by atoms with Crippen molar-refractivity contribution in [1.29, 1.82) is 0 Å². The molecule has 1 aliphatic carbocycles. The van der Waals surface area contributed by atoms with Crippen molar-refractivity contribution in [3.8, 4) is 0 Å². The van der Waals surface area contributed by atoms with E-state index in [2.05, 4.69) is 10.3 Å². The molecule has 0 aliphatic heterocycles. The third-order valence-corrected chi connectivity index (χ3v) is 3.96. The van der Waals surface area contributed by atoms with Gasteiger partial charge >= 0.3 is 0 Å². The molecule has 110 valence electrons. The summed E-state index contributed by atoms with van der Waals surface area (Å²) in [7, 11) is 0. The summed E-state index contributed by atoms with van der Waals surface area (Å²) < 4.78 is 0. The van der Waals surface area contributed by atoms with Gasteiger partial charge < -0.3 is 10.2 Å². The van der Waals surface area contributed by atoms with E-state index in [0.717, 1.165) is 19.6 Å². The number of nitrogens with one attached hydrogen (secondary N) is 1. The highest BCUT2D eigenvalue weighted by Gasteiger charge is 2.23. The van der Waals surface area contributed by atoms with Crippen LogP contribution in [0, 0.1) is 5.92 Å². The number of carbonyl (C=O) groups excluding carboxylic acids is 1. The van der Waals surface area contributed by atoms with Crippen LogP contribution in [0.4, 0.5) is 5.82 Å². The molecule has 1 amide bonds. The molecule has 1 aromatic heterocycles. The maximum absolute atomic E-state index is 12.6. The summed E-state index contributed by atoms with van der Waals surface area (Å²) in [4.78, 5) is 18.6. The Bertz CT molecular complexity index is 474. The second kappa shape index (κ2) is 6.93. The van der Waals surface area contributed by atoms with Gasteiger partial charge in [0.15, 0.2) is 0 Å². The van der Waals surface area contributed by atoms with Crippen molar-refractivity contribution in [2.75, 3.05) is 25.0 Å². The van der Waals surface area contributed by atoms with Gasteiger partial charge in [-0.25, -0.2) is 4.98 Å². The summed E-state index contributed by atoms with van der Waals surface area (Å²) in [6, 6.07) is 3.43. The molecule has 0 spiro atoms. The van der Waals surface area contributed by atoms with E-state index in [9.17, 15) is 4.79 Å². The monoisotopic (exact) mass is 295 g/mol. The molecule has 20 heavy (non-hydrogen) atoms. The predicted molar refractivity (Wildman–Crippen MR) is 82.3 cm³/mol. The average molecular weight is 296 g/mol. The molecular weight excluding hydrogens is 274 g/mol. The molecule has 1 fully saturated rings. The Balaban J connectivity index is 2.12. The third kappa shape index (κ3) is 3.63. The maximum Gasteiger partial charge on any atom is 0.254 e. The average Bonchev–Trinajstić information content (AvgIpc) is 2.37. The van der Waals surface area contributed by atoms with Crippen molar-refractivity contribution in [3.63, 3.8) is 0 Å². The number of hydrogen-bond donors (Lipinski definition) is 1. The van der Waals surface area contributed by atoms with E-state index < -0.39 is 0 Å². The number of anilines is 1. The van der Waals surface area contributed by atoms with Crippen LogP contribution in [0.5, 0.6) is 0 Å². The lowest BCUT2D eigenvalue weighted by atomic mass is 9.85. The SMILES string of the molecule is CCNc1cc(C(=O)N(CC)CC2CCC2)cc(Cl)n1. The molecule has 4 nitrogen and oxygen atoms in total. The Morgan fingerprint density at radius 1 is 1.45 bits per heavy atom. The first-order valence-electron chi connectivity index (χ1n) is 7.34. The van der Waals surface area contributed by atoms with Crippen molar-refractivity contribution in [2.24, 2.45) is 5.92 Å². The van der Waals surface area contributed by atoms with Crippen LogP contribution in [-0.4, -0.2) is 35.4 Å². The molecule has 1 aromatic rings. The largest absolute Gasteiger partial charge is 0.370 e. The fourth-order valence-electron chi connectivity index (χ4n) is 2.42. The molecule has 2 rings (SSSR count). The molecule has 0 saturated heterocycles. The molecule has 0 aromatic carbocycles. The number of halogens is 1. The highest BCUT2D eigenvalue weighted by atomic mass is 35.5. The van der Waals surface area contributed by atoms with E-state index in [0.29, 0.717) is 22.5 Å². The number of nitrogens with zero attached hydrogens (tertiary/aromatic N) is 2. The molecule has 1 saturated carbocycles. The topological polar surface area (TPSA) is 45.2 Å². The van der Waals surface area contributed by atoms with E-state index >= 15 is 0 Å². The Kier molecular flexibility index (Phi) is 5.24. The second-order valence-corrected chi connectivity index (χ2v) is 5.62. The lowest BCUT2D eigenvalue weighted by Gasteiger charge is -2.31. The van der Waals surface area contributed by atoms with Crippen molar-refractivity contribution >= 4 is 23.3 Å². The van der Waals surface area contributed by atoms with E-state index in [4.69, 9.17) is 11.6 Å². The van der Waals surface area contributed by atoms with E-state index in [1.54, 1.807) is 12.1 Å². The van der Waals surface area contributed by atoms with Crippen molar-refractivity contribution in [2.45, 2.75) is 33.1 Å². The highest BCUT2D eigenvalue weighted by molar-refractivity contribution is 6.29. The number of pyridine rings is 1. The normalized spacial score (nSPS) is 14.8. The predicted octanol–water partition coefficient (Wildman–Crippen LogP) is 3.43. The van der Waals surface area contributed by atoms with Crippen LogP contribution in [-0.2, 0) is 0 Å². The van der Waals surface area contributed by atoms with Crippen LogP contribution >= 0.6 is 11.6 Å². The quantitative estimate of drug-likeness (QED) is 0.818. The number of amides is 1. The van der Waals surface area contributed by atoms with Crippen molar-refractivity contribution < 1.29 is 4.79 Å². The first-order valence-corrected chi connectivity index (χ1v) is 7.72. The van der Waals surface area contributed by atoms with Crippen molar-refractivity contribution in [1.82, 2.24) is 9.88 Å². The van der Waals surface area contributed by atoms with Crippen molar-refractivity contribution in [3.05, 3.63) is 22.8 Å². The number of hydrogen-bond acceptors (Lipinski definition) is 3. The molecule has 0 unspecified atom stereocenters. The molecule has 1 heterocycles. The summed E-state index contributed by atoms with van der Waals surface area (Å²) in [5, 5.41) is 3.45. The molecular formula is C15H22ClN3O. The minimum atomic E-state index is 0.0443. The summed E-state index contributed by atoms with van der Waals surface area (Å²) >= 11 is 6.00. The standard InChI is InChI=1S/C15H22ClN3O/c1-3-17-14-9-12(8-13(16)18-14)15(20)19(4-2)10-11-6-5-7-11/h8-9,11H,3-7,10H2,1-2H3,(H,17,18). The van der Waals surface area contributed by atoms with Gasteiger partial charge in [0.25, 0.3) is 5.91 Å². The van der Waals surface area contributed by atoms with Gasteiger partial charge in [0.2, 0.25) is 0 Å². The Hall–Kier alpha value is -1.29. The lowest BCUT2D eigenvalue weighted by Crippen LogP contribution is -2.37. The van der Waals surface area contributed by atoms with Gasteiger partial charge in [-0.1, -0.05) is 18.0 Å². The van der Waals surface area contributed by atoms with Crippen LogP contribution in [0.1, 0.15) is 43.5 Å². The number of aromatic nitrogens is 1. The van der Waals surface area contributed by atoms with Crippen LogP contribution in [0.25, 0.3) is 0 Å². The van der Waals surface area contributed by atoms with E-state index in [-0.39, 0.29) is 5.91 Å². The molecule has 5 heteroatoms. The second-order valence-electron chi connectivity index (χ2n) is 5.23. The van der Waals surface area contributed by atoms with Gasteiger partial charge in [0, 0.05) is 25.2 Å². The first kappa shape index (κ1) is 15.1. The third-order valence-electron chi connectivity index (χ3n) is 3.77. The molecule has 0 atom stereocenters. The van der Waals surface area contributed by atoms with Gasteiger partial charge in [-0.2, -0.15) is 0 Å². The molecule has 1 aliphatic rings. The zero-order valence-corrected chi connectivity index (χ0v) is 12.9. The van der Waals surface area contributed by atoms with Crippen LogP contribution in [0.15, 0.2) is 12.1 Å². The zero-order chi connectivity index (χ0) is 14.5. The van der Waals surface area contributed by atoms with Crippen LogP contribution in [0.2, 0.25) is 5.15 Å². The summed E-state index contributed by atoms with van der Waals surface area (Å²) in [6.45, 7) is 6.34. The summed E-state index contributed by atoms with van der Waals surface area (Å²) in [6.07, 6.45) is 3.77.